The van der Waals surface area contributed by atoms with Gasteiger partial charge in [-0.15, -0.1) is 0 Å². The molecule has 3 nitrogen and oxygen atoms in total. The van der Waals surface area contributed by atoms with Crippen molar-refractivity contribution >= 4 is 22.2 Å². The van der Waals surface area contributed by atoms with E-state index in [-0.39, 0.29) is 11.6 Å². The standard InChI is InChI=1S/C20H18FNO2/c1-24-20-11-10-17(16-4-2-3-5-18(16)20)19(23)12-13-22-15-8-6-14(21)7-9-15/h2-11,22H,12-13H2,1H3. The van der Waals surface area contributed by atoms with E-state index < -0.39 is 0 Å². The molecule has 0 heterocycles. The molecule has 3 rings (SSSR count). The summed E-state index contributed by atoms with van der Waals surface area (Å²) in [6.45, 7) is 0.491. The Balaban J connectivity index is 1.73. The molecule has 3 aromatic rings. The molecule has 0 fully saturated rings. The summed E-state index contributed by atoms with van der Waals surface area (Å²) in [6.07, 6.45) is 0.355. The van der Waals surface area contributed by atoms with E-state index in [0.717, 1.165) is 22.2 Å². The van der Waals surface area contributed by atoms with Gasteiger partial charge in [-0.05, 0) is 41.8 Å². The number of anilines is 1. The summed E-state index contributed by atoms with van der Waals surface area (Å²) in [5.41, 5.74) is 1.48. The third-order valence-corrected chi connectivity index (χ3v) is 3.93. The molecule has 0 aliphatic carbocycles. The van der Waals surface area contributed by atoms with Crippen molar-refractivity contribution in [3.63, 3.8) is 0 Å². The summed E-state index contributed by atoms with van der Waals surface area (Å²) >= 11 is 0. The third-order valence-electron chi connectivity index (χ3n) is 3.93. The number of ketones is 1. The molecule has 0 aliphatic rings. The molecular formula is C20H18FNO2. The number of fused-ring (bicyclic) bond motifs is 1. The summed E-state index contributed by atoms with van der Waals surface area (Å²) in [7, 11) is 1.62. The fraction of sp³-hybridized carbons (Fsp3) is 0.150. The number of benzene rings is 3. The molecule has 0 amide bonds. The number of ether oxygens (including phenoxy) is 1. The molecule has 0 spiro atoms. The average Bonchev–Trinajstić information content (AvgIpc) is 2.62. The van der Waals surface area contributed by atoms with Crippen molar-refractivity contribution in [3.8, 4) is 5.75 Å². The number of methoxy groups -OCH3 is 1. The molecule has 0 saturated carbocycles. The Morgan fingerprint density at radius 1 is 1.00 bits per heavy atom. The first-order valence-electron chi connectivity index (χ1n) is 7.77. The molecule has 0 bridgehead atoms. The number of nitrogens with one attached hydrogen (secondary N) is 1. The molecule has 0 aliphatic heterocycles. The third kappa shape index (κ3) is 3.38. The molecule has 0 radical (unpaired) electrons. The fourth-order valence-electron chi connectivity index (χ4n) is 2.72. The second kappa shape index (κ2) is 7.13. The fourth-order valence-corrected chi connectivity index (χ4v) is 2.72. The molecule has 122 valence electrons. The van der Waals surface area contributed by atoms with Gasteiger partial charge < -0.3 is 10.1 Å². The number of carbonyl (C=O) groups is 1. The maximum Gasteiger partial charge on any atom is 0.165 e. The van der Waals surface area contributed by atoms with Crippen LogP contribution in [0.3, 0.4) is 0 Å². The molecule has 1 N–H and O–H groups in total. The Kier molecular flexibility index (Phi) is 4.75. The number of Topliss-reactive ketones (excluding diaryl/α,β-unsaturated/α-hetero) is 1. The largest absolute Gasteiger partial charge is 0.496 e. The summed E-state index contributed by atoms with van der Waals surface area (Å²) in [4.78, 5) is 12.6. The van der Waals surface area contributed by atoms with Crippen LogP contribution in [0, 0.1) is 5.82 Å². The minimum absolute atomic E-state index is 0.0588. The second-order valence-corrected chi connectivity index (χ2v) is 5.47. The van der Waals surface area contributed by atoms with Crippen LogP contribution in [0.5, 0.6) is 5.75 Å². The van der Waals surface area contributed by atoms with Crippen molar-refractivity contribution in [1.82, 2.24) is 0 Å². The van der Waals surface area contributed by atoms with Crippen molar-refractivity contribution in [2.75, 3.05) is 19.0 Å². The highest BCUT2D eigenvalue weighted by atomic mass is 19.1. The van der Waals surface area contributed by atoms with E-state index >= 15 is 0 Å². The van der Waals surface area contributed by atoms with Crippen LogP contribution in [0.4, 0.5) is 10.1 Å². The highest BCUT2D eigenvalue weighted by Gasteiger charge is 2.12. The molecule has 24 heavy (non-hydrogen) atoms. The molecule has 0 unspecified atom stereocenters. The van der Waals surface area contributed by atoms with Crippen LogP contribution in [0.25, 0.3) is 10.8 Å². The van der Waals surface area contributed by atoms with E-state index in [1.54, 1.807) is 25.3 Å². The second-order valence-electron chi connectivity index (χ2n) is 5.47. The van der Waals surface area contributed by atoms with E-state index in [1.165, 1.54) is 12.1 Å². The van der Waals surface area contributed by atoms with E-state index in [9.17, 15) is 9.18 Å². The van der Waals surface area contributed by atoms with Gasteiger partial charge in [-0.25, -0.2) is 4.39 Å². The SMILES string of the molecule is COc1ccc(C(=O)CCNc2ccc(F)cc2)c2ccccc12. The minimum Gasteiger partial charge on any atom is -0.496 e. The number of carbonyl (C=O) groups excluding carboxylic acids is 1. The molecule has 3 aromatic carbocycles. The predicted octanol–water partition coefficient (Wildman–Crippen LogP) is 4.67. The number of halogens is 1. The number of rotatable bonds is 6. The molecule has 0 aromatic heterocycles. The van der Waals surface area contributed by atoms with Crippen molar-refractivity contribution in [3.05, 3.63) is 72.0 Å². The van der Waals surface area contributed by atoms with Crippen molar-refractivity contribution in [1.29, 1.82) is 0 Å². The number of hydrogen-bond acceptors (Lipinski definition) is 3. The Morgan fingerprint density at radius 3 is 2.42 bits per heavy atom. The lowest BCUT2D eigenvalue weighted by atomic mass is 9.99. The van der Waals surface area contributed by atoms with Gasteiger partial charge in [0.2, 0.25) is 0 Å². The van der Waals surface area contributed by atoms with Gasteiger partial charge in [-0.1, -0.05) is 24.3 Å². The van der Waals surface area contributed by atoms with Crippen LogP contribution in [0.2, 0.25) is 0 Å². The van der Waals surface area contributed by atoms with E-state index in [1.807, 2.05) is 30.3 Å². The lowest BCUT2D eigenvalue weighted by Gasteiger charge is -2.10. The number of hydrogen-bond donors (Lipinski definition) is 1. The molecule has 0 saturated heterocycles. The van der Waals surface area contributed by atoms with Crippen LogP contribution in [0.1, 0.15) is 16.8 Å². The smallest absolute Gasteiger partial charge is 0.165 e. The summed E-state index contributed by atoms with van der Waals surface area (Å²) < 4.78 is 18.2. The Bertz CT molecular complexity index is 859. The first-order valence-corrected chi connectivity index (χ1v) is 7.77. The molecular weight excluding hydrogens is 305 g/mol. The van der Waals surface area contributed by atoms with Crippen LogP contribution >= 0.6 is 0 Å². The summed E-state index contributed by atoms with van der Waals surface area (Å²) in [5.74, 6) is 0.538. The first-order chi connectivity index (χ1) is 11.7. The average molecular weight is 323 g/mol. The van der Waals surface area contributed by atoms with E-state index in [0.29, 0.717) is 18.5 Å². The van der Waals surface area contributed by atoms with Crippen LogP contribution < -0.4 is 10.1 Å². The van der Waals surface area contributed by atoms with Gasteiger partial charge in [-0.2, -0.15) is 0 Å². The lowest BCUT2D eigenvalue weighted by molar-refractivity contribution is 0.0988. The van der Waals surface area contributed by atoms with Crippen molar-refractivity contribution in [2.45, 2.75) is 6.42 Å². The van der Waals surface area contributed by atoms with Crippen LogP contribution in [-0.2, 0) is 0 Å². The summed E-state index contributed by atoms with van der Waals surface area (Å²) in [5, 5.41) is 4.95. The quantitative estimate of drug-likeness (QED) is 0.670. The molecule has 4 heteroatoms. The van der Waals surface area contributed by atoms with E-state index in [4.69, 9.17) is 4.74 Å². The van der Waals surface area contributed by atoms with Gasteiger partial charge in [0.1, 0.15) is 11.6 Å². The Hall–Kier alpha value is -2.88. The zero-order valence-electron chi connectivity index (χ0n) is 13.4. The lowest BCUT2D eigenvalue weighted by Crippen LogP contribution is -2.09. The Labute approximate surface area is 140 Å². The van der Waals surface area contributed by atoms with E-state index in [2.05, 4.69) is 5.32 Å². The van der Waals surface area contributed by atoms with Crippen molar-refractivity contribution in [2.24, 2.45) is 0 Å². The minimum atomic E-state index is -0.277. The Morgan fingerprint density at radius 2 is 1.71 bits per heavy atom. The maximum atomic E-state index is 12.9. The normalized spacial score (nSPS) is 10.6. The van der Waals surface area contributed by atoms with Gasteiger partial charge in [0.25, 0.3) is 0 Å². The maximum absolute atomic E-state index is 12.9. The van der Waals surface area contributed by atoms with Crippen LogP contribution in [0.15, 0.2) is 60.7 Å². The zero-order valence-corrected chi connectivity index (χ0v) is 13.4. The highest BCUT2D eigenvalue weighted by molar-refractivity contribution is 6.09. The summed E-state index contributed by atoms with van der Waals surface area (Å²) in [6, 6.07) is 17.4. The zero-order chi connectivity index (χ0) is 16.9. The van der Waals surface area contributed by atoms with Crippen molar-refractivity contribution < 1.29 is 13.9 Å². The van der Waals surface area contributed by atoms with Gasteiger partial charge in [0.05, 0.1) is 7.11 Å². The molecule has 0 atom stereocenters. The highest BCUT2D eigenvalue weighted by Crippen LogP contribution is 2.29. The van der Waals surface area contributed by atoms with Gasteiger partial charge in [0, 0.05) is 29.6 Å². The first kappa shape index (κ1) is 16.0. The monoisotopic (exact) mass is 323 g/mol. The van der Waals surface area contributed by atoms with Crippen LogP contribution in [-0.4, -0.2) is 19.4 Å². The van der Waals surface area contributed by atoms with Gasteiger partial charge in [-0.3, -0.25) is 4.79 Å². The van der Waals surface area contributed by atoms with Gasteiger partial charge in [0.15, 0.2) is 5.78 Å². The predicted molar refractivity (Wildman–Crippen MR) is 94.3 cm³/mol. The topological polar surface area (TPSA) is 38.3 Å². The van der Waals surface area contributed by atoms with Gasteiger partial charge >= 0.3 is 0 Å².